The van der Waals surface area contributed by atoms with E-state index in [9.17, 15) is 18.7 Å². The minimum absolute atomic E-state index is 0.135. The Hall–Kier alpha value is -2.71. The molecule has 0 radical (unpaired) electrons. The highest BCUT2D eigenvalue weighted by Gasteiger charge is 2.18. The van der Waals surface area contributed by atoms with Gasteiger partial charge in [0.15, 0.2) is 5.69 Å². The molecule has 6 nitrogen and oxygen atoms in total. The number of aromatic carboxylic acids is 1. The van der Waals surface area contributed by atoms with Crippen molar-refractivity contribution in [3.63, 3.8) is 0 Å². The molecule has 10 heteroatoms. The molecule has 0 atom stereocenters. The van der Waals surface area contributed by atoms with Crippen molar-refractivity contribution in [2.75, 3.05) is 0 Å². The van der Waals surface area contributed by atoms with E-state index in [2.05, 4.69) is 14.8 Å². The van der Waals surface area contributed by atoms with Crippen molar-refractivity contribution in [2.45, 2.75) is 6.61 Å². The zero-order valence-corrected chi connectivity index (χ0v) is 14.2. The number of ether oxygens (including phenoxy) is 1. The van der Waals surface area contributed by atoms with Crippen LogP contribution < -0.4 is 4.74 Å². The first kappa shape index (κ1) is 18.1. The second-order valence-electron chi connectivity index (χ2n) is 5.02. The fourth-order valence-electron chi connectivity index (χ4n) is 2.29. The summed E-state index contributed by atoms with van der Waals surface area (Å²) < 4.78 is 30.7. The third-order valence-corrected chi connectivity index (χ3v) is 3.70. The first-order valence-corrected chi connectivity index (χ1v) is 7.80. The molecule has 0 saturated heterocycles. The van der Waals surface area contributed by atoms with Gasteiger partial charge in [0.25, 0.3) is 0 Å². The Morgan fingerprint density at radius 2 is 1.96 bits per heavy atom. The summed E-state index contributed by atoms with van der Waals surface area (Å²) in [7, 11) is 0. The van der Waals surface area contributed by atoms with Crippen LogP contribution in [0.5, 0.6) is 5.75 Å². The highest BCUT2D eigenvalue weighted by atomic mass is 35.5. The van der Waals surface area contributed by atoms with Gasteiger partial charge in [-0.3, -0.25) is 0 Å². The third-order valence-electron chi connectivity index (χ3n) is 3.28. The van der Waals surface area contributed by atoms with Crippen LogP contribution in [0.15, 0.2) is 42.6 Å². The first-order chi connectivity index (χ1) is 12.3. The summed E-state index contributed by atoms with van der Waals surface area (Å²) in [6.07, 6.45) is 1.42. The van der Waals surface area contributed by atoms with Gasteiger partial charge in [-0.05, 0) is 30.3 Å². The number of benzene rings is 1. The van der Waals surface area contributed by atoms with Crippen molar-refractivity contribution < 1.29 is 23.4 Å². The Bertz CT molecular complexity index is 979. The smallest absolute Gasteiger partial charge is 0.387 e. The van der Waals surface area contributed by atoms with E-state index in [0.29, 0.717) is 16.9 Å². The number of nitrogens with zero attached hydrogens (tertiary/aromatic N) is 3. The van der Waals surface area contributed by atoms with Crippen molar-refractivity contribution in [1.82, 2.24) is 14.8 Å². The fraction of sp³-hybridized carbons (Fsp3) is 0.0625. The van der Waals surface area contributed by atoms with Crippen molar-refractivity contribution in [1.29, 1.82) is 0 Å². The second-order valence-corrected chi connectivity index (χ2v) is 5.85. The summed E-state index contributed by atoms with van der Waals surface area (Å²) in [6, 6.07) is 8.33. The minimum atomic E-state index is -3.03. The molecule has 2 aromatic heterocycles. The van der Waals surface area contributed by atoms with Crippen molar-refractivity contribution in [2.24, 2.45) is 0 Å². The molecule has 0 amide bonds. The van der Waals surface area contributed by atoms with Gasteiger partial charge in [-0.1, -0.05) is 23.2 Å². The second kappa shape index (κ2) is 7.27. The number of hydrogen-bond donors (Lipinski definition) is 1. The Balaban J connectivity index is 2.18. The van der Waals surface area contributed by atoms with Crippen LogP contribution in [0.1, 0.15) is 10.5 Å². The molecule has 0 aliphatic carbocycles. The molecule has 1 aromatic carbocycles. The summed E-state index contributed by atoms with van der Waals surface area (Å²) in [4.78, 5) is 15.2. The summed E-state index contributed by atoms with van der Waals surface area (Å²) >= 11 is 11.9. The maximum absolute atomic E-state index is 12.5. The van der Waals surface area contributed by atoms with Gasteiger partial charge in [0.1, 0.15) is 10.9 Å². The number of pyridine rings is 1. The highest BCUT2D eigenvalue weighted by Crippen LogP contribution is 2.31. The van der Waals surface area contributed by atoms with Gasteiger partial charge < -0.3 is 9.84 Å². The SMILES string of the molecule is O=C(O)c1cc(-c2cc(Cl)cc(OC(F)F)c2)n(-c2ccnc(Cl)c2)n1. The van der Waals surface area contributed by atoms with E-state index in [1.165, 1.54) is 41.2 Å². The lowest BCUT2D eigenvalue weighted by molar-refractivity contribution is -0.0498. The normalized spacial score (nSPS) is 11.0. The summed E-state index contributed by atoms with van der Waals surface area (Å²) in [5, 5.41) is 13.6. The van der Waals surface area contributed by atoms with E-state index >= 15 is 0 Å². The van der Waals surface area contributed by atoms with E-state index in [4.69, 9.17) is 23.2 Å². The van der Waals surface area contributed by atoms with Gasteiger partial charge in [-0.2, -0.15) is 13.9 Å². The van der Waals surface area contributed by atoms with Crippen LogP contribution in [-0.2, 0) is 0 Å². The molecule has 1 N–H and O–H groups in total. The van der Waals surface area contributed by atoms with Crippen molar-refractivity contribution in [3.05, 3.63) is 58.5 Å². The van der Waals surface area contributed by atoms with Gasteiger partial charge in [0.05, 0.1) is 11.4 Å². The molecule has 26 heavy (non-hydrogen) atoms. The number of aromatic nitrogens is 3. The molecule has 3 aromatic rings. The lowest BCUT2D eigenvalue weighted by Crippen LogP contribution is -2.04. The third kappa shape index (κ3) is 3.92. The molecular weight excluding hydrogens is 391 g/mol. The highest BCUT2D eigenvalue weighted by molar-refractivity contribution is 6.31. The van der Waals surface area contributed by atoms with E-state index in [0.717, 1.165) is 0 Å². The zero-order valence-electron chi connectivity index (χ0n) is 12.7. The fourth-order valence-corrected chi connectivity index (χ4v) is 2.69. The molecular formula is C16H9Cl2F2N3O3. The molecule has 134 valence electrons. The number of alkyl halides is 2. The van der Waals surface area contributed by atoms with E-state index in [1.54, 1.807) is 6.07 Å². The number of carboxylic acid groups (broad SMARTS) is 1. The number of rotatable bonds is 5. The Morgan fingerprint density at radius 1 is 1.19 bits per heavy atom. The van der Waals surface area contributed by atoms with Crippen LogP contribution in [0.3, 0.4) is 0 Å². The molecule has 0 spiro atoms. The molecule has 3 rings (SSSR count). The van der Waals surface area contributed by atoms with Crippen LogP contribution in [0.2, 0.25) is 10.2 Å². The molecule has 0 unspecified atom stereocenters. The maximum Gasteiger partial charge on any atom is 0.387 e. The molecule has 0 aliphatic rings. The van der Waals surface area contributed by atoms with Gasteiger partial charge >= 0.3 is 12.6 Å². The molecule has 0 fully saturated rings. The molecule has 0 saturated carbocycles. The summed E-state index contributed by atoms with van der Waals surface area (Å²) in [5.41, 5.74) is 0.820. The average molecular weight is 400 g/mol. The lowest BCUT2D eigenvalue weighted by atomic mass is 10.1. The van der Waals surface area contributed by atoms with E-state index in [-0.39, 0.29) is 21.6 Å². The van der Waals surface area contributed by atoms with E-state index in [1.807, 2.05) is 0 Å². The predicted molar refractivity (Wildman–Crippen MR) is 90.4 cm³/mol. The Kier molecular flexibility index (Phi) is 5.06. The summed E-state index contributed by atoms with van der Waals surface area (Å²) in [5.74, 6) is -1.42. The zero-order chi connectivity index (χ0) is 18.8. The Morgan fingerprint density at radius 3 is 2.62 bits per heavy atom. The number of carbonyl (C=O) groups is 1. The van der Waals surface area contributed by atoms with Crippen molar-refractivity contribution >= 4 is 29.2 Å². The molecule has 2 heterocycles. The Labute approximate surface area is 155 Å². The monoisotopic (exact) mass is 399 g/mol. The standard InChI is InChI=1S/C16H9Cl2F2N3O3/c17-9-3-8(4-11(5-9)26-16(19)20)13-7-12(15(24)25)22-23(13)10-1-2-21-14(18)6-10/h1-7,16H,(H,24,25). The van der Waals surface area contributed by atoms with Crippen LogP contribution in [0.25, 0.3) is 16.9 Å². The van der Waals surface area contributed by atoms with Crippen molar-refractivity contribution in [3.8, 4) is 22.7 Å². The van der Waals surface area contributed by atoms with Gasteiger partial charge in [-0.15, -0.1) is 0 Å². The lowest BCUT2D eigenvalue weighted by Gasteiger charge is -2.10. The predicted octanol–water partition coefficient (Wildman–Crippen LogP) is 4.54. The number of halogens is 4. The van der Waals surface area contributed by atoms with Crippen LogP contribution >= 0.6 is 23.2 Å². The van der Waals surface area contributed by atoms with Gasteiger partial charge in [-0.25, -0.2) is 14.5 Å². The topological polar surface area (TPSA) is 77.2 Å². The largest absolute Gasteiger partial charge is 0.476 e. The van der Waals surface area contributed by atoms with Gasteiger partial charge in [0, 0.05) is 22.8 Å². The number of carboxylic acids is 1. The molecule has 0 aliphatic heterocycles. The van der Waals surface area contributed by atoms with Crippen LogP contribution in [0, 0.1) is 0 Å². The number of hydrogen-bond acceptors (Lipinski definition) is 4. The van der Waals surface area contributed by atoms with Gasteiger partial charge in [0.2, 0.25) is 0 Å². The summed E-state index contributed by atoms with van der Waals surface area (Å²) in [6.45, 7) is -3.03. The quantitative estimate of drug-likeness (QED) is 0.637. The maximum atomic E-state index is 12.5. The molecule has 0 bridgehead atoms. The average Bonchev–Trinajstić information content (AvgIpc) is 2.99. The van der Waals surface area contributed by atoms with Crippen LogP contribution in [0.4, 0.5) is 8.78 Å². The first-order valence-electron chi connectivity index (χ1n) is 7.04. The minimum Gasteiger partial charge on any atom is -0.476 e. The van der Waals surface area contributed by atoms with E-state index < -0.39 is 12.6 Å². The van der Waals surface area contributed by atoms with Crippen LogP contribution in [-0.4, -0.2) is 32.5 Å².